The van der Waals surface area contributed by atoms with Gasteiger partial charge in [-0.05, 0) is 58.3 Å². The molecule has 0 heterocycles. The number of unbranched alkanes of at least 4 members (excludes halogenated alkanes) is 3. The fraction of sp³-hybridized carbons (Fsp3) is 0.214. The molecule has 4 rings (SSSR count). The molecule has 0 aliphatic rings. The van der Waals surface area contributed by atoms with Gasteiger partial charge in [-0.1, -0.05) is 74.7 Å². The Labute approximate surface area is 183 Å². The fourth-order valence-electron chi connectivity index (χ4n) is 3.89. The first-order chi connectivity index (χ1) is 15.2. The van der Waals surface area contributed by atoms with E-state index in [1.54, 1.807) is 0 Å². The summed E-state index contributed by atoms with van der Waals surface area (Å²) >= 11 is 0. The topological polar surface area (TPSA) is 41.5 Å². The molecule has 4 aromatic rings. The highest BCUT2D eigenvalue weighted by atomic mass is 16.1. The number of nitrogens with one attached hydrogen (secondary N) is 1. The van der Waals surface area contributed by atoms with Gasteiger partial charge in [0.1, 0.15) is 0 Å². The van der Waals surface area contributed by atoms with Crippen molar-refractivity contribution in [2.24, 2.45) is 4.99 Å². The molecule has 0 fully saturated rings. The molecular formula is C28H28N2O. The van der Waals surface area contributed by atoms with E-state index in [0.29, 0.717) is 6.42 Å². The minimum absolute atomic E-state index is 0.0783. The molecule has 3 nitrogen and oxygen atoms in total. The molecule has 0 atom stereocenters. The Kier molecular flexibility index (Phi) is 6.73. The fourth-order valence-corrected chi connectivity index (χ4v) is 3.89. The maximum atomic E-state index is 12.1. The molecule has 0 aliphatic carbocycles. The van der Waals surface area contributed by atoms with Crippen molar-refractivity contribution in [3.05, 3.63) is 84.4 Å². The van der Waals surface area contributed by atoms with Crippen molar-refractivity contribution >= 4 is 45.0 Å². The van der Waals surface area contributed by atoms with Crippen molar-refractivity contribution in [2.45, 2.75) is 39.0 Å². The predicted molar refractivity (Wildman–Crippen MR) is 133 cm³/mol. The number of carbonyl (C=O) groups is 1. The highest BCUT2D eigenvalue weighted by molar-refractivity contribution is 6.13. The van der Waals surface area contributed by atoms with Gasteiger partial charge in [0.2, 0.25) is 5.91 Å². The van der Waals surface area contributed by atoms with Crippen LogP contribution in [0.25, 0.3) is 21.5 Å². The van der Waals surface area contributed by atoms with E-state index in [4.69, 9.17) is 4.99 Å². The van der Waals surface area contributed by atoms with Gasteiger partial charge in [-0.25, -0.2) is 0 Å². The quantitative estimate of drug-likeness (QED) is 0.181. The van der Waals surface area contributed by atoms with Crippen molar-refractivity contribution in [1.82, 2.24) is 0 Å². The predicted octanol–water partition coefficient (Wildman–Crippen LogP) is 7.65. The third-order valence-electron chi connectivity index (χ3n) is 5.56. The number of fused-ring (bicyclic) bond motifs is 2. The van der Waals surface area contributed by atoms with Crippen LogP contribution in [-0.4, -0.2) is 12.1 Å². The monoisotopic (exact) mass is 408 g/mol. The summed E-state index contributed by atoms with van der Waals surface area (Å²) in [5.74, 6) is 0.0783. The van der Waals surface area contributed by atoms with E-state index in [2.05, 4.69) is 66.8 Å². The zero-order valence-electron chi connectivity index (χ0n) is 18.0. The average Bonchev–Trinajstić information content (AvgIpc) is 2.80. The number of hydrogen-bond donors (Lipinski definition) is 1. The molecular weight excluding hydrogens is 380 g/mol. The number of amides is 1. The standard InChI is InChI=1S/C28H28N2O/c1-2-3-4-5-14-28(31)30-24-17-15-23(16-18-24)29-20-27-25-12-8-6-10-21(25)19-22-11-7-9-13-26(22)27/h6-13,15-20H,2-5,14H2,1H3,(H,30,31). The summed E-state index contributed by atoms with van der Waals surface area (Å²) in [4.78, 5) is 16.8. The summed E-state index contributed by atoms with van der Waals surface area (Å²) in [6.45, 7) is 2.17. The van der Waals surface area contributed by atoms with Gasteiger partial charge in [0, 0.05) is 23.9 Å². The number of carbonyl (C=O) groups excluding carboxylic acids is 1. The van der Waals surface area contributed by atoms with Crippen LogP contribution in [-0.2, 0) is 4.79 Å². The third kappa shape index (κ3) is 5.18. The van der Waals surface area contributed by atoms with Crippen LogP contribution in [0.15, 0.2) is 83.9 Å². The molecule has 0 unspecified atom stereocenters. The van der Waals surface area contributed by atoms with Crippen LogP contribution in [0.5, 0.6) is 0 Å². The van der Waals surface area contributed by atoms with E-state index < -0.39 is 0 Å². The second kappa shape index (κ2) is 10.0. The van der Waals surface area contributed by atoms with E-state index in [-0.39, 0.29) is 5.91 Å². The first-order valence-electron chi connectivity index (χ1n) is 11.1. The smallest absolute Gasteiger partial charge is 0.224 e. The minimum Gasteiger partial charge on any atom is -0.326 e. The molecule has 1 amide bonds. The lowest BCUT2D eigenvalue weighted by Gasteiger charge is -2.08. The van der Waals surface area contributed by atoms with Gasteiger partial charge in [-0.2, -0.15) is 0 Å². The van der Waals surface area contributed by atoms with E-state index in [1.165, 1.54) is 34.4 Å². The highest BCUT2D eigenvalue weighted by Crippen LogP contribution is 2.28. The van der Waals surface area contributed by atoms with Crippen LogP contribution in [0, 0.1) is 0 Å². The van der Waals surface area contributed by atoms with Gasteiger partial charge in [-0.3, -0.25) is 9.79 Å². The summed E-state index contributed by atoms with van der Waals surface area (Å²) in [5.41, 5.74) is 2.80. The van der Waals surface area contributed by atoms with Crippen LogP contribution < -0.4 is 5.32 Å². The molecule has 0 saturated carbocycles. The van der Waals surface area contributed by atoms with E-state index in [9.17, 15) is 4.79 Å². The van der Waals surface area contributed by atoms with Crippen LogP contribution in [0.4, 0.5) is 11.4 Å². The van der Waals surface area contributed by atoms with Crippen LogP contribution in [0.3, 0.4) is 0 Å². The van der Waals surface area contributed by atoms with Gasteiger partial charge >= 0.3 is 0 Å². The lowest BCUT2D eigenvalue weighted by atomic mass is 9.97. The van der Waals surface area contributed by atoms with Crippen molar-refractivity contribution in [2.75, 3.05) is 5.32 Å². The van der Waals surface area contributed by atoms with Gasteiger partial charge < -0.3 is 5.32 Å². The zero-order chi connectivity index (χ0) is 21.5. The molecule has 31 heavy (non-hydrogen) atoms. The largest absolute Gasteiger partial charge is 0.326 e. The third-order valence-corrected chi connectivity index (χ3v) is 5.56. The maximum Gasteiger partial charge on any atom is 0.224 e. The first kappa shape index (κ1) is 20.8. The normalized spacial score (nSPS) is 11.4. The molecule has 3 heteroatoms. The van der Waals surface area contributed by atoms with Crippen LogP contribution in [0.1, 0.15) is 44.6 Å². The Hall–Kier alpha value is -3.46. The molecule has 1 N–H and O–H groups in total. The molecule has 0 radical (unpaired) electrons. The lowest BCUT2D eigenvalue weighted by molar-refractivity contribution is -0.116. The Morgan fingerprint density at radius 2 is 1.48 bits per heavy atom. The molecule has 0 aromatic heterocycles. The van der Waals surface area contributed by atoms with Gasteiger partial charge in [0.05, 0.1) is 5.69 Å². The zero-order valence-corrected chi connectivity index (χ0v) is 18.0. The van der Waals surface area contributed by atoms with Crippen molar-refractivity contribution in [1.29, 1.82) is 0 Å². The number of hydrogen-bond acceptors (Lipinski definition) is 2. The number of nitrogens with zero attached hydrogens (tertiary/aromatic N) is 1. The van der Waals surface area contributed by atoms with Crippen molar-refractivity contribution in [3.8, 4) is 0 Å². The number of anilines is 1. The van der Waals surface area contributed by atoms with Gasteiger partial charge in [0.15, 0.2) is 0 Å². The Bertz CT molecular complexity index is 1150. The maximum absolute atomic E-state index is 12.1. The van der Waals surface area contributed by atoms with Gasteiger partial charge in [-0.15, -0.1) is 0 Å². The van der Waals surface area contributed by atoms with E-state index in [0.717, 1.165) is 29.8 Å². The van der Waals surface area contributed by atoms with Crippen molar-refractivity contribution in [3.63, 3.8) is 0 Å². The highest BCUT2D eigenvalue weighted by Gasteiger charge is 2.06. The lowest BCUT2D eigenvalue weighted by Crippen LogP contribution is -2.10. The first-order valence-corrected chi connectivity index (χ1v) is 11.1. The molecule has 0 saturated heterocycles. The van der Waals surface area contributed by atoms with Gasteiger partial charge in [0.25, 0.3) is 0 Å². The molecule has 0 bridgehead atoms. The second-order valence-corrected chi connectivity index (χ2v) is 7.90. The van der Waals surface area contributed by atoms with E-state index in [1.807, 2.05) is 30.5 Å². The minimum atomic E-state index is 0.0783. The van der Waals surface area contributed by atoms with Crippen LogP contribution >= 0.6 is 0 Å². The molecule has 156 valence electrons. The summed E-state index contributed by atoms with van der Waals surface area (Å²) in [6, 6.07) is 26.7. The molecule has 0 spiro atoms. The van der Waals surface area contributed by atoms with Crippen LogP contribution in [0.2, 0.25) is 0 Å². The number of rotatable bonds is 8. The van der Waals surface area contributed by atoms with Crippen molar-refractivity contribution < 1.29 is 4.79 Å². The number of aliphatic imine (C=N–C) groups is 1. The number of benzene rings is 4. The Balaban J connectivity index is 1.51. The summed E-state index contributed by atoms with van der Waals surface area (Å²) in [7, 11) is 0. The summed E-state index contributed by atoms with van der Waals surface area (Å²) in [6.07, 6.45) is 6.95. The second-order valence-electron chi connectivity index (χ2n) is 7.90. The Morgan fingerprint density at radius 1 is 0.839 bits per heavy atom. The van der Waals surface area contributed by atoms with E-state index >= 15 is 0 Å². The SMILES string of the molecule is CCCCCCC(=O)Nc1ccc(N=Cc2c3ccccc3cc3ccccc23)cc1. The average molecular weight is 409 g/mol. The molecule has 4 aromatic carbocycles. The summed E-state index contributed by atoms with van der Waals surface area (Å²) < 4.78 is 0. The Morgan fingerprint density at radius 3 is 2.13 bits per heavy atom. The molecule has 0 aliphatic heterocycles. The summed E-state index contributed by atoms with van der Waals surface area (Å²) in [5, 5.41) is 7.78.